The normalized spacial score (nSPS) is 10.7. The molecular formula is C19H18N6O2. The van der Waals surface area contributed by atoms with Gasteiger partial charge in [0.05, 0.1) is 12.9 Å². The van der Waals surface area contributed by atoms with E-state index in [1.54, 1.807) is 24.5 Å². The largest absolute Gasteiger partial charge is 0.508 e. The van der Waals surface area contributed by atoms with Crippen molar-refractivity contribution in [1.82, 2.24) is 19.9 Å². The molecule has 4 aromatic rings. The molecule has 0 fully saturated rings. The minimum atomic E-state index is 0.173. The van der Waals surface area contributed by atoms with E-state index in [-0.39, 0.29) is 5.75 Å². The highest BCUT2D eigenvalue weighted by atomic mass is 16.5. The van der Waals surface area contributed by atoms with Crippen LogP contribution in [-0.4, -0.2) is 38.2 Å². The zero-order chi connectivity index (χ0) is 18.5. The second-order valence-electron chi connectivity index (χ2n) is 5.76. The van der Waals surface area contributed by atoms with Crippen LogP contribution in [0.15, 0.2) is 60.9 Å². The van der Waals surface area contributed by atoms with Crippen molar-refractivity contribution in [3.63, 3.8) is 0 Å². The summed E-state index contributed by atoms with van der Waals surface area (Å²) in [6.45, 7) is 1.01. The third-order valence-corrected chi connectivity index (χ3v) is 3.79. The van der Waals surface area contributed by atoms with Crippen molar-refractivity contribution in [2.75, 3.05) is 23.8 Å². The topological polar surface area (TPSA) is 108 Å². The third-order valence-electron chi connectivity index (χ3n) is 3.79. The fourth-order valence-corrected chi connectivity index (χ4v) is 2.57. The Morgan fingerprint density at radius 2 is 1.93 bits per heavy atom. The number of benzene rings is 2. The number of nitrogens with one attached hydrogen (secondary N) is 3. The number of nitrogens with zero attached hydrogens (tertiary/aromatic N) is 3. The standard InChI is InChI=1S/C19H18N6O2/c26-14-6-4-5-13(11-14)23-18-16-17(22-12-21-16)24-19(25-18)20-9-10-27-15-7-2-1-3-8-15/h1-8,11-12,26H,9-10H2,(H3,20,21,22,23,24,25). The first-order valence-electron chi connectivity index (χ1n) is 8.47. The summed E-state index contributed by atoms with van der Waals surface area (Å²) in [6, 6.07) is 16.4. The Labute approximate surface area is 155 Å². The van der Waals surface area contributed by atoms with Crippen molar-refractivity contribution in [2.45, 2.75) is 0 Å². The number of aromatic nitrogens is 4. The number of aromatic amines is 1. The van der Waals surface area contributed by atoms with Gasteiger partial charge in [-0.2, -0.15) is 9.97 Å². The van der Waals surface area contributed by atoms with Crippen molar-refractivity contribution < 1.29 is 9.84 Å². The summed E-state index contributed by atoms with van der Waals surface area (Å²) in [5.41, 5.74) is 1.94. The summed E-state index contributed by atoms with van der Waals surface area (Å²) >= 11 is 0. The van der Waals surface area contributed by atoms with Crippen LogP contribution in [0.1, 0.15) is 0 Å². The molecule has 4 rings (SSSR count). The Morgan fingerprint density at radius 1 is 1.04 bits per heavy atom. The Hall–Kier alpha value is -3.81. The van der Waals surface area contributed by atoms with Gasteiger partial charge in [0.25, 0.3) is 0 Å². The molecule has 0 bridgehead atoms. The lowest BCUT2D eigenvalue weighted by molar-refractivity contribution is 0.332. The van der Waals surface area contributed by atoms with E-state index in [9.17, 15) is 5.11 Å². The molecule has 0 unspecified atom stereocenters. The number of phenols is 1. The van der Waals surface area contributed by atoms with Crippen LogP contribution in [0, 0.1) is 0 Å². The Balaban J connectivity index is 1.46. The first-order valence-corrected chi connectivity index (χ1v) is 8.47. The molecule has 2 heterocycles. The molecule has 0 radical (unpaired) electrons. The number of ether oxygens (including phenoxy) is 1. The molecule has 8 nitrogen and oxygen atoms in total. The van der Waals surface area contributed by atoms with Crippen LogP contribution in [-0.2, 0) is 0 Å². The van der Waals surface area contributed by atoms with E-state index in [0.29, 0.717) is 41.8 Å². The molecule has 0 aliphatic heterocycles. The highest BCUT2D eigenvalue weighted by Crippen LogP contribution is 2.24. The molecule has 0 saturated carbocycles. The molecule has 2 aromatic heterocycles. The average Bonchev–Trinajstić information content (AvgIpc) is 3.15. The number of para-hydroxylation sites is 1. The van der Waals surface area contributed by atoms with Gasteiger partial charge < -0.3 is 25.5 Å². The Bertz CT molecular complexity index is 1030. The van der Waals surface area contributed by atoms with Crippen LogP contribution in [0.3, 0.4) is 0 Å². The number of H-pyrrole nitrogens is 1. The first kappa shape index (κ1) is 16.6. The number of fused-ring (bicyclic) bond motifs is 1. The zero-order valence-electron chi connectivity index (χ0n) is 14.4. The van der Waals surface area contributed by atoms with Gasteiger partial charge in [-0.25, -0.2) is 4.98 Å². The molecule has 8 heteroatoms. The monoisotopic (exact) mass is 362 g/mol. The molecule has 0 aliphatic carbocycles. The highest BCUT2D eigenvalue weighted by Gasteiger charge is 2.10. The Morgan fingerprint density at radius 3 is 2.78 bits per heavy atom. The molecule has 4 N–H and O–H groups in total. The summed E-state index contributed by atoms with van der Waals surface area (Å²) in [7, 11) is 0. The SMILES string of the molecule is Oc1cccc(Nc2nc(NCCOc3ccccc3)nc3nc[nH]c23)c1. The molecule has 2 aromatic carbocycles. The minimum Gasteiger partial charge on any atom is -0.508 e. The van der Waals surface area contributed by atoms with Crippen LogP contribution in [0.2, 0.25) is 0 Å². The highest BCUT2D eigenvalue weighted by molar-refractivity contribution is 5.86. The maximum atomic E-state index is 9.64. The Kier molecular flexibility index (Phi) is 4.69. The fraction of sp³-hybridized carbons (Fsp3) is 0.105. The predicted octanol–water partition coefficient (Wildman–Crippen LogP) is 3.29. The number of hydrogen-bond acceptors (Lipinski definition) is 7. The maximum absolute atomic E-state index is 9.64. The van der Waals surface area contributed by atoms with Crippen molar-refractivity contribution >= 4 is 28.6 Å². The molecule has 136 valence electrons. The van der Waals surface area contributed by atoms with Crippen molar-refractivity contribution in [2.24, 2.45) is 0 Å². The molecule has 0 amide bonds. The predicted molar refractivity (Wildman–Crippen MR) is 103 cm³/mol. The second kappa shape index (κ2) is 7.61. The molecule has 0 atom stereocenters. The van der Waals surface area contributed by atoms with E-state index >= 15 is 0 Å². The summed E-state index contributed by atoms with van der Waals surface area (Å²) in [4.78, 5) is 16.1. The molecule has 0 spiro atoms. The van der Waals surface area contributed by atoms with Gasteiger partial charge in [0.15, 0.2) is 11.5 Å². The number of anilines is 3. The van der Waals surface area contributed by atoms with E-state index in [1.165, 1.54) is 0 Å². The summed E-state index contributed by atoms with van der Waals surface area (Å²) < 4.78 is 5.66. The van der Waals surface area contributed by atoms with Gasteiger partial charge in [0.1, 0.15) is 23.6 Å². The lowest BCUT2D eigenvalue weighted by Gasteiger charge is -2.10. The summed E-state index contributed by atoms with van der Waals surface area (Å²) in [5.74, 6) is 1.99. The van der Waals surface area contributed by atoms with Gasteiger partial charge in [-0.3, -0.25) is 0 Å². The quantitative estimate of drug-likeness (QED) is 0.374. The van der Waals surface area contributed by atoms with Crippen LogP contribution in [0.5, 0.6) is 11.5 Å². The van der Waals surface area contributed by atoms with Gasteiger partial charge in [0, 0.05) is 11.8 Å². The van der Waals surface area contributed by atoms with Crippen molar-refractivity contribution in [3.8, 4) is 11.5 Å². The van der Waals surface area contributed by atoms with E-state index < -0.39 is 0 Å². The summed E-state index contributed by atoms with van der Waals surface area (Å²) in [6.07, 6.45) is 1.56. The van der Waals surface area contributed by atoms with Gasteiger partial charge in [-0.05, 0) is 24.3 Å². The summed E-state index contributed by atoms with van der Waals surface area (Å²) in [5, 5.41) is 16.0. The lowest BCUT2D eigenvalue weighted by Crippen LogP contribution is -2.14. The van der Waals surface area contributed by atoms with Gasteiger partial charge >= 0.3 is 0 Å². The minimum absolute atomic E-state index is 0.173. The molecule has 0 saturated heterocycles. The maximum Gasteiger partial charge on any atom is 0.226 e. The first-order chi connectivity index (χ1) is 13.3. The average molecular weight is 362 g/mol. The van der Waals surface area contributed by atoms with Crippen LogP contribution in [0.25, 0.3) is 11.2 Å². The number of aromatic hydroxyl groups is 1. The van der Waals surface area contributed by atoms with Gasteiger partial charge in [0.2, 0.25) is 5.95 Å². The number of phenolic OH excluding ortho intramolecular Hbond substituents is 1. The number of imidazole rings is 1. The van der Waals surface area contributed by atoms with Crippen LogP contribution >= 0.6 is 0 Å². The zero-order valence-corrected chi connectivity index (χ0v) is 14.4. The van der Waals surface area contributed by atoms with Crippen LogP contribution in [0.4, 0.5) is 17.5 Å². The second-order valence-corrected chi connectivity index (χ2v) is 5.76. The van der Waals surface area contributed by atoms with E-state index in [0.717, 1.165) is 5.75 Å². The van der Waals surface area contributed by atoms with E-state index in [1.807, 2.05) is 36.4 Å². The molecule has 27 heavy (non-hydrogen) atoms. The fourth-order valence-electron chi connectivity index (χ4n) is 2.57. The lowest BCUT2D eigenvalue weighted by atomic mass is 10.3. The smallest absolute Gasteiger partial charge is 0.226 e. The number of rotatable bonds is 7. The van der Waals surface area contributed by atoms with Gasteiger partial charge in [-0.1, -0.05) is 24.3 Å². The molecular weight excluding hydrogens is 344 g/mol. The molecule has 0 aliphatic rings. The van der Waals surface area contributed by atoms with E-state index in [2.05, 4.69) is 30.6 Å². The van der Waals surface area contributed by atoms with Crippen LogP contribution < -0.4 is 15.4 Å². The van der Waals surface area contributed by atoms with Crippen molar-refractivity contribution in [1.29, 1.82) is 0 Å². The van der Waals surface area contributed by atoms with E-state index in [4.69, 9.17) is 4.74 Å². The van der Waals surface area contributed by atoms with Gasteiger partial charge in [-0.15, -0.1) is 0 Å². The van der Waals surface area contributed by atoms with Crippen molar-refractivity contribution in [3.05, 3.63) is 60.9 Å². The third kappa shape index (κ3) is 4.06. The number of hydrogen-bond donors (Lipinski definition) is 4.